The third-order valence-corrected chi connectivity index (χ3v) is 0.993. The van der Waals surface area contributed by atoms with Crippen molar-refractivity contribution in [3.05, 3.63) is 12.7 Å². The van der Waals surface area contributed by atoms with Crippen LogP contribution in [0.2, 0.25) is 0 Å². The normalized spacial score (nSPS) is 11.3. The minimum atomic E-state index is -4.64. The van der Waals surface area contributed by atoms with Gasteiger partial charge in [0.1, 0.15) is 0 Å². The summed E-state index contributed by atoms with van der Waals surface area (Å²) < 4.78 is 8.88. The molecule has 0 saturated carbocycles. The van der Waals surface area contributed by atoms with Gasteiger partial charge in [0.05, 0.1) is 0 Å². The van der Waals surface area contributed by atoms with Gasteiger partial charge in [0.25, 0.3) is 0 Å². The summed E-state index contributed by atoms with van der Waals surface area (Å²) in [6.07, 6.45) is 1.16. The highest BCUT2D eigenvalue weighted by Gasteiger charge is 2.26. The fraction of sp³-hybridized carbons (Fsp3) is 0.500. The van der Waals surface area contributed by atoms with E-state index >= 15 is 0 Å². The molecule has 0 heterocycles. The number of Topliss-reactive ketones (excluding diaryl/α,β-unsaturated/α-hetero) is 1. The minimum absolute atomic E-state index is 0.123. The molecular weight excluding hydrogens is 215 g/mol. The quantitative estimate of drug-likeness (QED) is 0.235. The van der Waals surface area contributed by atoms with Crippen molar-refractivity contribution in [1.29, 1.82) is 0 Å². The smallest absolute Gasteiger partial charge is 0.359 e. The number of carbonyl (C=O) groups excluding carboxylic acids is 1. The van der Waals surface area contributed by atoms with Gasteiger partial charge in [-0.05, 0) is 0 Å². The van der Waals surface area contributed by atoms with Crippen molar-refractivity contribution in [3.8, 4) is 0 Å². The molecule has 0 radical (unpaired) electrons. The van der Waals surface area contributed by atoms with Crippen molar-refractivity contribution in [2.24, 2.45) is 0 Å². The molecule has 0 spiro atoms. The molecular formula is C6H13O7P. The maximum atomic E-state index is 10.3. The number of ketones is 1. The summed E-state index contributed by atoms with van der Waals surface area (Å²) in [6.45, 7) is 4.37. The zero-order valence-electron chi connectivity index (χ0n) is 7.49. The van der Waals surface area contributed by atoms with Crippen LogP contribution >= 0.6 is 7.82 Å². The predicted molar refractivity (Wildman–Crippen MR) is 46.9 cm³/mol. The summed E-state index contributed by atoms with van der Waals surface area (Å²) >= 11 is 0. The van der Waals surface area contributed by atoms with Crippen molar-refractivity contribution in [3.63, 3.8) is 0 Å². The molecule has 5 N–H and O–H groups in total. The van der Waals surface area contributed by atoms with Gasteiger partial charge in [-0.2, -0.15) is 0 Å². The SMILES string of the molecule is C=CCC(O)(O)C(C)=O.O=P(O)(O)O. The molecule has 0 amide bonds. The molecule has 0 rings (SSSR count). The number of phosphoric acid groups is 1. The van der Waals surface area contributed by atoms with Crippen LogP contribution in [0.4, 0.5) is 0 Å². The van der Waals surface area contributed by atoms with Crippen LogP contribution in [0.1, 0.15) is 13.3 Å². The lowest BCUT2D eigenvalue weighted by atomic mass is 10.1. The first-order valence-electron chi connectivity index (χ1n) is 3.35. The minimum Gasteiger partial charge on any atom is -0.359 e. The van der Waals surface area contributed by atoms with Gasteiger partial charge < -0.3 is 24.9 Å². The van der Waals surface area contributed by atoms with Crippen molar-refractivity contribution >= 4 is 13.6 Å². The van der Waals surface area contributed by atoms with Crippen molar-refractivity contribution < 1.29 is 34.3 Å². The molecule has 0 atom stereocenters. The van der Waals surface area contributed by atoms with Crippen molar-refractivity contribution in [2.75, 3.05) is 0 Å². The Labute approximate surface area is 80.6 Å². The lowest BCUT2D eigenvalue weighted by molar-refractivity contribution is -0.178. The zero-order chi connectivity index (χ0) is 12.0. The highest BCUT2D eigenvalue weighted by Crippen LogP contribution is 2.25. The Morgan fingerprint density at radius 3 is 1.79 bits per heavy atom. The number of rotatable bonds is 3. The molecule has 0 aliphatic heterocycles. The third-order valence-electron chi connectivity index (χ3n) is 0.993. The summed E-state index contributed by atoms with van der Waals surface area (Å²) in [4.78, 5) is 31.9. The van der Waals surface area contributed by atoms with Crippen molar-refractivity contribution in [1.82, 2.24) is 0 Å². The van der Waals surface area contributed by atoms with E-state index < -0.39 is 19.4 Å². The highest BCUT2D eigenvalue weighted by atomic mass is 31.2. The van der Waals surface area contributed by atoms with Gasteiger partial charge in [-0.3, -0.25) is 4.79 Å². The summed E-state index contributed by atoms with van der Waals surface area (Å²) in [6, 6.07) is 0. The van der Waals surface area contributed by atoms with E-state index in [0.717, 1.165) is 6.92 Å². The van der Waals surface area contributed by atoms with Gasteiger partial charge in [0.2, 0.25) is 5.79 Å². The van der Waals surface area contributed by atoms with Crippen molar-refractivity contribution in [2.45, 2.75) is 19.1 Å². The van der Waals surface area contributed by atoms with Gasteiger partial charge >= 0.3 is 7.82 Å². The van der Waals surface area contributed by atoms with E-state index in [-0.39, 0.29) is 6.42 Å². The van der Waals surface area contributed by atoms with E-state index in [4.69, 9.17) is 29.5 Å². The highest BCUT2D eigenvalue weighted by molar-refractivity contribution is 7.45. The molecule has 0 aromatic heterocycles. The second kappa shape index (κ2) is 6.02. The topological polar surface area (TPSA) is 135 Å². The molecule has 0 aliphatic rings. The summed E-state index contributed by atoms with van der Waals surface area (Å²) in [7, 11) is -4.64. The Kier molecular flexibility index (Phi) is 6.84. The van der Waals surface area contributed by atoms with Gasteiger partial charge in [0.15, 0.2) is 5.78 Å². The molecule has 0 aliphatic carbocycles. The molecule has 84 valence electrons. The number of hydrogen-bond acceptors (Lipinski definition) is 4. The van der Waals surface area contributed by atoms with E-state index in [1.165, 1.54) is 6.08 Å². The Bertz CT molecular complexity index is 232. The predicted octanol–water partition coefficient (Wildman–Crippen LogP) is -1.10. The number of hydrogen-bond donors (Lipinski definition) is 5. The number of aliphatic hydroxyl groups is 2. The van der Waals surface area contributed by atoms with E-state index in [1.807, 2.05) is 0 Å². The van der Waals surface area contributed by atoms with E-state index in [0.29, 0.717) is 0 Å². The lowest BCUT2D eigenvalue weighted by Gasteiger charge is -2.14. The van der Waals surface area contributed by atoms with Gasteiger partial charge in [-0.15, -0.1) is 6.58 Å². The van der Waals surface area contributed by atoms with Gasteiger partial charge in [-0.25, -0.2) is 4.57 Å². The second-order valence-electron chi connectivity index (χ2n) is 2.38. The Hall–Kier alpha value is -0.560. The Morgan fingerprint density at radius 2 is 1.71 bits per heavy atom. The zero-order valence-corrected chi connectivity index (χ0v) is 8.39. The largest absolute Gasteiger partial charge is 0.466 e. The summed E-state index contributed by atoms with van der Waals surface area (Å²) in [5.41, 5.74) is 0. The van der Waals surface area contributed by atoms with Crippen LogP contribution in [0, 0.1) is 0 Å². The van der Waals surface area contributed by atoms with E-state index in [2.05, 4.69) is 6.58 Å². The first-order chi connectivity index (χ1) is 6.00. The maximum absolute atomic E-state index is 10.3. The van der Waals surface area contributed by atoms with E-state index in [1.54, 1.807) is 0 Å². The molecule has 0 unspecified atom stereocenters. The average Bonchev–Trinajstić information content (AvgIpc) is 1.82. The Balaban J connectivity index is 0. The molecule has 0 saturated heterocycles. The maximum Gasteiger partial charge on any atom is 0.466 e. The summed E-state index contributed by atoms with van der Waals surface area (Å²) in [5, 5.41) is 17.5. The first kappa shape index (κ1) is 15.9. The molecule has 0 fully saturated rings. The van der Waals surface area contributed by atoms with Crippen LogP contribution in [0.25, 0.3) is 0 Å². The third kappa shape index (κ3) is 14.0. The summed E-state index contributed by atoms with van der Waals surface area (Å²) in [5.74, 6) is -2.87. The van der Waals surface area contributed by atoms with Gasteiger partial charge in [-0.1, -0.05) is 6.08 Å². The van der Waals surface area contributed by atoms with Gasteiger partial charge in [0, 0.05) is 13.3 Å². The molecule has 0 bridgehead atoms. The van der Waals surface area contributed by atoms with Crippen LogP contribution in [0.3, 0.4) is 0 Å². The number of carbonyl (C=O) groups is 1. The fourth-order valence-corrected chi connectivity index (χ4v) is 0.345. The fourth-order valence-electron chi connectivity index (χ4n) is 0.345. The monoisotopic (exact) mass is 228 g/mol. The van der Waals surface area contributed by atoms with Crippen LogP contribution in [0.15, 0.2) is 12.7 Å². The van der Waals surface area contributed by atoms with Crippen LogP contribution < -0.4 is 0 Å². The molecule has 8 heteroatoms. The molecule has 7 nitrogen and oxygen atoms in total. The Morgan fingerprint density at radius 1 is 1.43 bits per heavy atom. The molecule has 0 aromatic rings. The van der Waals surface area contributed by atoms with Crippen LogP contribution in [-0.2, 0) is 9.36 Å². The molecule has 14 heavy (non-hydrogen) atoms. The van der Waals surface area contributed by atoms with Crippen LogP contribution in [0.5, 0.6) is 0 Å². The average molecular weight is 228 g/mol. The first-order valence-corrected chi connectivity index (χ1v) is 4.92. The molecule has 0 aromatic carbocycles. The van der Waals surface area contributed by atoms with E-state index in [9.17, 15) is 4.79 Å². The van der Waals surface area contributed by atoms with Crippen LogP contribution in [-0.4, -0.2) is 36.5 Å². The standard InChI is InChI=1S/C6H10O3.H3O4P/c1-3-4-6(8,9)5(2)7;1-5(2,3)4/h3,8-9H,1,4H2,2H3;(H3,1,2,3,4). The lowest BCUT2D eigenvalue weighted by Crippen LogP contribution is -2.35. The second-order valence-corrected chi connectivity index (χ2v) is 3.41.